The van der Waals surface area contributed by atoms with Crippen molar-refractivity contribution in [2.45, 2.75) is 6.42 Å². The number of hydrogen-bond donors (Lipinski definition) is 0. The van der Waals surface area contributed by atoms with Crippen LogP contribution in [-0.2, 0) is 4.79 Å². The zero-order valence-electron chi connectivity index (χ0n) is 15.6. The molecule has 1 amide bonds. The van der Waals surface area contributed by atoms with Gasteiger partial charge in [-0.05, 0) is 55.4 Å². The monoisotopic (exact) mass is 365 g/mol. The summed E-state index contributed by atoms with van der Waals surface area (Å²) in [6.45, 7) is 4.31. The Balaban J connectivity index is 1.61. The van der Waals surface area contributed by atoms with Gasteiger partial charge in [0.15, 0.2) is 0 Å². The van der Waals surface area contributed by atoms with Gasteiger partial charge in [-0.15, -0.1) is 0 Å². The average molecular weight is 365 g/mol. The molecule has 0 N–H and O–H groups in total. The summed E-state index contributed by atoms with van der Waals surface area (Å²) in [6, 6.07) is 14.6. The number of hydrogen-bond acceptors (Lipinski definition) is 3. The van der Waals surface area contributed by atoms with Gasteiger partial charge in [0.05, 0.1) is 0 Å². The molecule has 4 rings (SSSR count). The van der Waals surface area contributed by atoms with E-state index < -0.39 is 0 Å². The number of carbonyl (C=O) groups is 1. The molecule has 2 aromatic rings. The quantitative estimate of drug-likeness (QED) is 0.780. The molecule has 2 aromatic carbocycles. The topological polar surface area (TPSA) is 26.8 Å². The Morgan fingerprint density at radius 2 is 1.70 bits per heavy atom. The Kier molecular flexibility index (Phi) is 4.94. The Morgan fingerprint density at radius 1 is 0.963 bits per heavy atom. The third-order valence-corrected chi connectivity index (χ3v) is 5.36. The van der Waals surface area contributed by atoms with Crippen LogP contribution < -0.4 is 9.80 Å². The number of nitrogens with zero attached hydrogens (tertiary/aromatic N) is 3. The standard InChI is InChI=1S/C22H24FN3O/c1-24-11-13-25(14-12-24)21-16-19(23)8-7-17(21)15-18-9-10-26(22(18)27)20-5-3-2-4-6-20/h2-8,15-16H,9-14H2,1H3/b18-15+. The summed E-state index contributed by atoms with van der Waals surface area (Å²) in [5.41, 5.74) is 3.49. The lowest BCUT2D eigenvalue weighted by Crippen LogP contribution is -2.44. The fraction of sp³-hybridized carbons (Fsp3) is 0.318. The second-order valence-electron chi connectivity index (χ2n) is 7.21. The normalized spacial score (nSPS) is 19.9. The van der Waals surface area contributed by atoms with Gasteiger partial charge in [-0.2, -0.15) is 0 Å². The van der Waals surface area contributed by atoms with E-state index in [9.17, 15) is 9.18 Å². The van der Waals surface area contributed by atoms with Crippen molar-refractivity contribution in [1.29, 1.82) is 0 Å². The molecule has 2 saturated heterocycles. The molecule has 27 heavy (non-hydrogen) atoms. The van der Waals surface area contributed by atoms with E-state index in [2.05, 4.69) is 16.8 Å². The second-order valence-corrected chi connectivity index (χ2v) is 7.21. The lowest BCUT2D eigenvalue weighted by atomic mass is 10.1. The molecule has 0 bridgehead atoms. The molecule has 0 unspecified atom stereocenters. The zero-order valence-corrected chi connectivity index (χ0v) is 15.6. The van der Waals surface area contributed by atoms with Gasteiger partial charge in [0.25, 0.3) is 5.91 Å². The Bertz CT molecular complexity index is 857. The number of halogens is 1. The first-order chi connectivity index (χ1) is 13.1. The van der Waals surface area contributed by atoms with E-state index in [1.807, 2.05) is 41.3 Å². The van der Waals surface area contributed by atoms with E-state index in [0.717, 1.165) is 48.7 Å². The minimum Gasteiger partial charge on any atom is -0.368 e. The number of rotatable bonds is 3. The van der Waals surface area contributed by atoms with Crippen molar-refractivity contribution in [2.24, 2.45) is 0 Å². The predicted molar refractivity (Wildman–Crippen MR) is 107 cm³/mol. The van der Waals surface area contributed by atoms with E-state index in [-0.39, 0.29) is 11.7 Å². The Hall–Kier alpha value is -2.66. The molecule has 0 aromatic heterocycles. The van der Waals surface area contributed by atoms with Crippen LogP contribution >= 0.6 is 0 Å². The Morgan fingerprint density at radius 3 is 2.44 bits per heavy atom. The minimum atomic E-state index is -0.241. The van der Waals surface area contributed by atoms with E-state index in [1.54, 1.807) is 12.1 Å². The number of anilines is 2. The predicted octanol–water partition coefficient (Wildman–Crippen LogP) is 3.40. The molecule has 0 spiro atoms. The summed E-state index contributed by atoms with van der Waals surface area (Å²) in [6.07, 6.45) is 2.64. The SMILES string of the molecule is CN1CCN(c2cc(F)ccc2/C=C2\CCN(c3ccccc3)C2=O)CC1. The molecular weight excluding hydrogens is 341 g/mol. The molecule has 5 heteroatoms. The summed E-state index contributed by atoms with van der Waals surface area (Å²) < 4.78 is 13.9. The first kappa shape index (κ1) is 17.7. The molecule has 2 aliphatic rings. The fourth-order valence-corrected chi connectivity index (χ4v) is 3.75. The maximum atomic E-state index is 13.9. The highest BCUT2D eigenvalue weighted by molar-refractivity contribution is 6.11. The van der Waals surface area contributed by atoms with Gasteiger partial charge in [-0.1, -0.05) is 18.2 Å². The molecule has 0 aliphatic carbocycles. The number of carbonyl (C=O) groups excluding carboxylic acids is 1. The smallest absolute Gasteiger partial charge is 0.254 e. The van der Waals surface area contributed by atoms with Crippen LogP contribution in [-0.4, -0.2) is 50.6 Å². The van der Waals surface area contributed by atoms with Crippen LogP contribution in [0.4, 0.5) is 15.8 Å². The molecule has 4 nitrogen and oxygen atoms in total. The molecule has 0 radical (unpaired) electrons. The minimum absolute atomic E-state index is 0.0369. The maximum absolute atomic E-state index is 13.9. The van der Waals surface area contributed by atoms with Gasteiger partial charge >= 0.3 is 0 Å². The number of para-hydroxylation sites is 1. The lowest BCUT2D eigenvalue weighted by Gasteiger charge is -2.35. The van der Waals surface area contributed by atoms with Crippen molar-refractivity contribution in [3.8, 4) is 0 Å². The van der Waals surface area contributed by atoms with Crippen molar-refractivity contribution < 1.29 is 9.18 Å². The molecule has 2 aliphatic heterocycles. The summed E-state index contributed by atoms with van der Waals surface area (Å²) in [5, 5.41) is 0. The molecule has 2 heterocycles. The van der Waals surface area contributed by atoms with Gasteiger partial charge in [-0.3, -0.25) is 4.79 Å². The van der Waals surface area contributed by atoms with E-state index in [1.165, 1.54) is 6.07 Å². The van der Waals surface area contributed by atoms with Crippen molar-refractivity contribution in [1.82, 2.24) is 4.90 Å². The first-order valence-corrected chi connectivity index (χ1v) is 9.42. The van der Waals surface area contributed by atoms with Gasteiger partial charge < -0.3 is 14.7 Å². The first-order valence-electron chi connectivity index (χ1n) is 9.42. The van der Waals surface area contributed by atoms with Crippen molar-refractivity contribution in [3.63, 3.8) is 0 Å². The van der Waals surface area contributed by atoms with Gasteiger partial charge in [-0.25, -0.2) is 4.39 Å². The van der Waals surface area contributed by atoms with Gasteiger partial charge in [0.1, 0.15) is 5.82 Å². The average Bonchev–Trinajstić information content (AvgIpc) is 3.05. The summed E-state index contributed by atoms with van der Waals surface area (Å²) in [4.78, 5) is 19.2. The van der Waals surface area contributed by atoms with Gasteiger partial charge in [0.2, 0.25) is 0 Å². The Labute approximate surface area is 159 Å². The van der Waals surface area contributed by atoms with E-state index in [0.29, 0.717) is 13.0 Å². The van der Waals surface area contributed by atoms with E-state index >= 15 is 0 Å². The van der Waals surface area contributed by atoms with Gasteiger partial charge in [0, 0.05) is 49.7 Å². The third-order valence-electron chi connectivity index (χ3n) is 5.36. The zero-order chi connectivity index (χ0) is 18.8. The number of piperazine rings is 1. The summed E-state index contributed by atoms with van der Waals surface area (Å²) in [7, 11) is 2.10. The lowest BCUT2D eigenvalue weighted by molar-refractivity contribution is -0.114. The third kappa shape index (κ3) is 3.74. The largest absolute Gasteiger partial charge is 0.368 e. The highest BCUT2D eigenvalue weighted by Gasteiger charge is 2.27. The van der Waals surface area contributed by atoms with Crippen molar-refractivity contribution in [3.05, 3.63) is 65.5 Å². The molecule has 0 saturated carbocycles. The molecule has 0 atom stereocenters. The van der Waals surface area contributed by atoms with Crippen LogP contribution in [0.3, 0.4) is 0 Å². The van der Waals surface area contributed by atoms with Crippen LogP contribution in [0.25, 0.3) is 6.08 Å². The number of benzene rings is 2. The van der Waals surface area contributed by atoms with Crippen molar-refractivity contribution in [2.75, 3.05) is 49.6 Å². The van der Waals surface area contributed by atoms with Crippen molar-refractivity contribution >= 4 is 23.4 Å². The molecular formula is C22H24FN3O. The highest BCUT2D eigenvalue weighted by atomic mass is 19.1. The number of amides is 1. The van der Waals surface area contributed by atoms with Crippen LogP contribution in [0.5, 0.6) is 0 Å². The summed E-state index contributed by atoms with van der Waals surface area (Å²) in [5.74, 6) is -0.204. The summed E-state index contributed by atoms with van der Waals surface area (Å²) >= 11 is 0. The van der Waals surface area contributed by atoms with Crippen LogP contribution in [0, 0.1) is 5.82 Å². The molecule has 2 fully saturated rings. The van der Waals surface area contributed by atoms with Crippen LogP contribution in [0.15, 0.2) is 54.1 Å². The maximum Gasteiger partial charge on any atom is 0.254 e. The number of likely N-dealkylation sites (N-methyl/N-ethyl adjacent to an activating group) is 1. The highest BCUT2D eigenvalue weighted by Crippen LogP contribution is 2.30. The molecule has 140 valence electrons. The van der Waals surface area contributed by atoms with Crippen LogP contribution in [0.2, 0.25) is 0 Å². The van der Waals surface area contributed by atoms with Crippen LogP contribution in [0.1, 0.15) is 12.0 Å². The fourth-order valence-electron chi connectivity index (χ4n) is 3.75. The van der Waals surface area contributed by atoms with E-state index in [4.69, 9.17) is 0 Å². The second kappa shape index (κ2) is 7.53.